The van der Waals surface area contributed by atoms with Gasteiger partial charge < -0.3 is 14.4 Å². The van der Waals surface area contributed by atoms with Crippen LogP contribution in [0.4, 0.5) is 16.6 Å². The van der Waals surface area contributed by atoms with Crippen LogP contribution in [0, 0.1) is 5.92 Å². The molecule has 0 aliphatic carbocycles. The molecule has 9 heteroatoms. The largest absolute Gasteiger partial charge is 0.495 e. The van der Waals surface area contributed by atoms with E-state index in [1.54, 1.807) is 30.8 Å². The van der Waals surface area contributed by atoms with E-state index in [4.69, 9.17) is 9.47 Å². The van der Waals surface area contributed by atoms with Gasteiger partial charge in [0.1, 0.15) is 18.2 Å². The molecule has 8 nitrogen and oxygen atoms in total. The number of hydrogen-bond acceptors (Lipinski definition) is 8. The number of carbonyl (C=O) groups is 2. The number of rotatable bonds is 7. The van der Waals surface area contributed by atoms with Gasteiger partial charge in [0.25, 0.3) is 0 Å². The van der Waals surface area contributed by atoms with E-state index in [2.05, 4.69) is 14.9 Å². The summed E-state index contributed by atoms with van der Waals surface area (Å²) in [6.07, 6.45) is 3.45. The fraction of sp³-hybridized carbons (Fsp3) is 0.333. The Bertz CT molecular complexity index is 1100. The predicted octanol–water partition coefficient (Wildman–Crippen LogP) is 4.19. The number of anilines is 3. The fourth-order valence-electron chi connectivity index (χ4n) is 3.87. The average Bonchev–Trinajstić information content (AvgIpc) is 3.31. The number of thiazole rings is 1. The maximum atomic E-state index is 12.7. The molecule has 1 atom stereocenters. The molecule has 1 aliphatic rings. The Hall–Kier alpha value is -3.46. The molecular weight excluding hydrogens is 440 g/mol. The summed E-state index contributed by atoms with van der Waals surface area (Å²) in [6, 6.07) is 13.0. The number of esters is 1. The Kier molecular flexibility index (Phi) is 7.19. The van der Waals surface area contributed by atoms with Crippen LogP contribution in [-0.2, 0) is 20.9 Å². The van der Waals surface area contributed by atoms with Gasteiger partial charge in [0.05, 0.1) is 24.4 Å². The molecule has 1 saturated heterocycles. The van der Waals surface area contributed by atoms with Crippen LogP contribution in [0.2, 0.25) is 0 Å². The van der Waals surface area contributed by atoms with Gasteiger partial charge in [0.2, 0.25) is 5.91 Å². The van der Waals surface area contributed by atoms with Gasteiger partial charge in [-0.2, -0.15) is 0 Å². The zero-order chi connectivity index (χ0) is 23.2. The van der Waals surface area contributed by atoms with E-state index < -0.39 is 0 Å². The Morgan fingerprint density at radius 1 is 1.21 bits per heavy atom. The van der Waals surface area contributed by atoms with Crippen molar-refractivity contribution in [3.8, 4) is 5.75 Å². The number of nitrogens with zero attached hydrogens (tertiary/aromatic N) is 4. The first kappa shape index (κ1) is 22.7. The fourth-order valence-corrected chi connectivity index (χ4v) is 4.73. The smallest absolute Gasteiger partial charge is 0.311 e. The SMILES string of the molecule is COc1ccccc1N(C(C)=O)c1nc(COC(=O)[C@H]2CCCN(c3ccccn3)C2)cs1. The van der Waals surface area contributed by atoms with Crippen molar-refractivity contribution in [3.05, 3.63) is 59.7 Å². The minimum absolute atomic E-state index is 0.0626. The molecule has 0 radical (unpaired) electrons. The van der Waals surface area contributed by atoms with E-state index in [9.17, 15) is 9.59 Å². The van der Waals surface area contributed by atoms with Gasteiger partial charge >= 0.3 is 5.97 Å². The van der Waals surface area contributed by atoms with Crippen LogP contribution in [0.15, 0.2) is 54.0 Å². The second-order valence-electron chi connectivity index (χ2n) is 7.73. The van der Waals surface area contributed by atoms with Crippen molar-refractivity contribution in [3.63, 3.8) is 0 Å². The minimum Gasteiger partial charge on any atom is -0.495 e. The van der Waals surface area contributed by atoms with E-state index in [1.165, 1.54) is 23.2 Å². The lowest BCUT2D eigenvalue weighted by molar-refractivity contribution is -0.150. The van der Waals surface area contributed by atoms with E-state index in [-0.39, 0.29) is 24.4 Å². The van der Waals surface area contributed by atoms with Crippen LogP contribution in [-0.4, -0.2) is 42.0 Å². The first-order chi connectivity index (χ1) is 16.1. The highest BCUT2D eigenvalue weighted by Gasteiger charge is 2.28. The molecule has 1 fully saturated rings. The first-order valence-electron chi connectivity index (χ1n) is 10.8. The average molecular weight is 467 g/mol. The summed E-state index contributed by atoms with van der Waals surface area (Å²) in [5.41, 5.74) is 1.21. The Morgan fingerprint density at radius 3 is 2.79 bits per heavy atom. The van der Waals surface area contributed by atoms with Gasteiger partial charge in [-0.15, -0.1) is 11.3 Å². The summed E-state index contributed by atoms with van der Waals surface area (Å²) in [5, 5.41) is 2.30. The lowest BCUT2D eigenvalue weighted by Crippen LogP contribution is -2.39. The molecule has 0 N–H and O–H groups in total. The number of methoxy groups -OCH3 is 1. The standard InChI is InChI=1S/C24H26N4O4S/c1-17(29)28(20-9-3-4-10-21(20)31-2)24-26-19(16-33-24)15-32-23(30)18-8-7-13-27(14-18)22-11-5-6-12-25-22/h3-6,9-12,16,18H,7-8,13-15H2,1-2H3/t18-/m0/s1. The van der Waals surface area contributed by atoms with Crippen LogP contribution in [0.5, 0.6) is 5.75 Å². The third kappa shape index (κ3) is 5.31. The Balaban J connectivity index is 1.40. The molecule has 3 aromatic rings. The van der Waals surface area contributed by atoms with Crippen molar-refractivity contribution in [1.29, 1.82) is 0 Å². The summed E-state index contributed by atoms with van der Waals surface area (Å²) < 4.78 is 11.0. The molecule has 0 spiro atoms. The van der Waals surface area contributed by atoms with Gasteiger partial charge in [-0.3, -0.25) is 14.5 Å². The maximum Gasteiger partial charge on any atom is 0.311 e. The number of benzene rings is 1. The molecule has 4 rings (SSSR count). The molecule has 3 heterocycles. The van der Waals surface area contributed by atoms with Gasteiger partial charge in [-0.05, 0) is 37.1 Å². The van der Waals surface area contributed by atoms with Crippen LogP contribution in [0.3, 0.4) is 0 Å². The predicted molar refractivity (Wildman–Crippen MR) is 127 cm³/mol. The summed E-state index contributed by atoms with van der Waals surface area (Å²) in [5.74, 6) is 0.819. The first-order valence-corrected chi connectivity index (χ1v) is 11.7. The summed E-state index contributed by atoms with van der Waals surface area (Å²) >= 11 is 1.32. The normalized spacial score (nSPS) is 15.7. The number of ether oxygens (including phenoxy) is 2. The number of pyridine rings is 1. The third-order valence-electron chi connectivity index (χ3n) is 5.46. The van der Waals surface area contributed by atoms with E-state index in [0.717, 1.165) is 25.2 Å². The van der Waals surface area contributed by atoms with Crippen molar-refractivity contribution < 1.29 is 19.1 Å². The highest BCUT2D eigenvalue weighted by Crippen LogP contribution is 2.35. The van der Waals surface area contributed by atoms with Crippen molar-refractivity contribution in [2.75, 3.05) is 30.0 Å². The molecule has 2 aromatic heterocycles. The Morgan fingerprint density at radius 2 is 2.03 bits per heavy atom. The van der Waals surface area contributed by atoms with Crippen molar-refractivity contribution >= 4 is 39.9 Å². The molecule has 0 bridgehead atoms. The lowest BCUT2D eigenvalue weighted by Gasteiger charge is -2.32. The zero-order valence-electron chi connectivity index (χ0n) is 18.6. The number of amides is 1. The second-order valence-corrected chi connectivity index (χ2v) is 8.57. The summed E-state index contributed by atoms with van der Waals surface area (Å²) in [4.78, 5) is 37.7. The molecule has 1 aromatic carbocycles. The minimum atomic E-state index is -0.238. The van der Waals surface area contributed by atoms with E-state index in [1.807, 2.05) is 30.3 Å². The molecule has 33 heavy (non-hydrogen) atoms. The van der Waals surface area contributed by atoms with Crippen LogP contribution < -0.4 is 14.5 Å². The number of hydrogen-bond donors (Lipinski definition) is 0. The zero-order valence-corrected chi connectivity index (χ0v) is 19.5. The third-order valence-corrected chi connectivity index (χ3v) is 6.34. The molecule has 1 amide bonds. The lowest BCUT2D eigenvalue weighted by atomic mass is 9.98. The van der Waals surface area contributed by atoms with Crippen molar-refractivity contribution in [2.24, 2.45) is 5.92 Å². The topological polar surface area (TPSA) is 84.9 Å². The van der Waals surface area contributed by atoms with Gasteiger partial charge in [-0.25, -0.2) is 9.97 Å². The van der Waals surface area contributed by atoms with Gasteiger partial charge in [-0.1, -0.05) is 18.2 Å². The maximum absolute atomic E-state index is 12.7. The van der Waals surface area contributed by atoms with Gasteiger partial charge in [0.15, 0.2) is 5.13 Å². The quantitative estimate of drug-likeness (QED) is 0.483. The van der Waals surface area contributed by atoms with Crippen LogP contribution >= 0.6 is 11.3 Å². The van der Waals surface area contributed by atoms with Crippen LogP contribution in [0.25, 0.3) is 0 Å². The molecule has 172 valence electrons. The van der Waals surface area contributed by atoms with E-state index in [0.29, 0.717) is 28.8 Å². The summed E-state index contributed by atoms with van der Waals surface area (Å²) in [6.45, 7) is 3.00. The number of piperidine rings is 1. The highest BCUT2D eigenvalue weighted by atomic mass is 32.1. The highest BCUT2D eigenvalue weighted by molar-refractivity contribution is 7.14. The van der Waals surface area contributed by atoms with Crippen molar-refractivity contribution in [2.45, 2.75) is 26.4 Å². The number of aromatic nitrogens is 2. The monoisotopic (exact) mass is 466 g/mol. The number of carbonyl (C=O) groups excluding carboxylic acids is 2. The molecule has 0 saturated carbocycles. The summed E-state index contributed by atoms with van der Waals surface area (Å²) in [7, 11) is 1.56. The molecule has 0 unspecified atom stereocenters. The van der Waals surface area contributed by atoms with E-state index >= 15 is 0 Å². The number of para-hydroxylation sites is 2. The van der Waals surface area contributed by atoms with Gasteiger partial charge in [0, 0.05) is 31.6 Å². The Labute approximate surface area is 196 Å². The molecular formula is C24H26N4O4S. The van der Waals surface area contributed by atoms with Crippen LogP contribution in [0.1, 0.15) is 25.5 Å². The second kappa shape index (κ2) is 10.4. The van der Waals surface area contributed by atoms with Crippen molar-refractivity contribution in [1.82, 2.24) is 9.97 Å². The molecule has 1 aliphatic heterocycles.